The molecule has 1 aromatic heterocycles. The van der Waals surface area contributed by atoms with Gasteiger partial charge in [0.15, 0.2) is 0 Å². The number of sulfonamides is 1. The van der Waals surface area contributed by atoms with Crippen LogP contribution >= 0.6 is 0 Å². The van der Waals surface area contributed by atoms with Gasteiger partial charge in [-0.3, -0.25) is 9.59 Å². The van der Waals surface area contributed by atoms with E-state index in [2.05, 4.69) is 0 Å². The van der Waals surface area contributed by atoms with Gasteiger partial charge in [0.05, 0.1) is 11.8 Å². The highest BCUT2D eigenvalue weighted by Crippen LogP contribution is 2.16. The maximum atomic E-state index is 12.7. The molecule has 0 aliphatic carbocycles. The van der Waals surface area contributed by atoms with Crippen molar-refractivity contribution in [1.82, 2.24) is 9.47 Å². The molecule has 1 atom stereocenters. The summed E-state index contributed by atoms with van der Waals surface area (Å²) in [6.45, 7) is 2.62. The van der Waals surface area contributed by atoms with Crippen LogP contribution in [0.3, 0.4) is 0 Å². The lowest BCUT2D eigenvalue weighted by molar-refractivity contribution is 0.0790. The molecule has 0 saturated carbocycles. The molecule has 26 heavy (non-hydrogen) atoms. The first kappa shape index (κ1) is 18.3. The Bertz CT molecular complexity index is 997. The molecular weight excluding hydrogens is 354 g/mol. The Morgan fingerprint density at radius 1 is 1.27 bits per heavy atom. The van der Waals surface area contributed by atoms with Gasteiger partial charge < -0.3 is 9.47 Å². The first-order valence-corrected chi connectivity index (χ1v) is 9.92. The minimum absolute atomic E-state index is 0.0177. The van der Waals surface area contributed by atoms with Gasteiger partial charge in [-0.25, -0.2) is 13.6 Å². The van der Waals surface area contributed by atoms with Crippen LogP contribution in [0, 0.1) is 6.92 Å². The van der Waals surface area contributed by atoms with Gasteiger partial charge in [0.1, 0.15) is 5.56 Å². The average Bonchev–Trinajstić information content (AvgIpc) is 3.07. The first-order valence-electron chi connectivity index (χ1n) is 8.31. The van der Waals surface area contributed by atoms with Crippen molar-refractivity contribution >= 4 is 15.9 Å². The van der Waals surface area contributed by atoms with Gasteiger partial charge in [-0.15, -0.1) is 0 Å². The van der Waals surface area contributed by atoms with E-state index in [0.29, 0.717) is 6.54 Å². The van der Waals surface area contributed by atoms with Gasteiger partial charge in [-0.05, 0) is 31.0 Å². The van der Waals surface area contributed by atoms with Crippen molar-refractivity contribution in [1.29, 1.82) is 0 Å². The topological polar surface area (TPSA) is 102 Å². The summed E-state index contributed by atoms with van der Waals surface area (Å²) in [5.41, 5.74) is 1.70. The number of nitrogens with two attached hydrogens (primary N) is 1. The van der Waals surface area contributed by atoms with Gasteiger partial charge in [0.25, 0.3) is 11.5 Å². The van der Waals surface area contributed by atoms with Crippen LogP contribution in [-0.2, 0) is 16.6 Å². The molecular formula is C18H21N3O4S. The van der Waals surface area contributed by atoms with Crippen molar-refractivity contribution in [3.05, 3.63) is 69.6 Å². The van der Waals surface area contributed by atoms with Crippen LogP contribution in [0.25, 0.3) is 0 Å². The van der Waals surface area contributed by atoms with Gasteiger partial charge >= 0.3 is 0 Å². The minimum Gasteiger partial charge on any atom is -0.337 e. The van der Waals surface area contributed by atoms with Crippen LogP contribution in [0.2, 0.25) is 0 Å². The van der Waals surface area contributed by atoms with Crippen LogP contribution in [0.5, 0.6) is 0 Å². The summed E-state index contributed by atoms with van der Waals surface area (Å²) in [7, 11) is -3.69. The Morgan fingerprint density at radius 3 is 2.69 bits per heavy atom. The van der Waals surface area contributed by atoms with Crippen molar-refractivity contribution in [2.24, 2.45) is 5.14 Å². The Morgan fingerprint density at radius 2 is 2.04 bits per heavy atom. The number of carbonyl (C=O) groups excluding carboxylic acids is 1. The van der Waals surface area contributed by atoms with Gasteiger partial charge in [0, 0.05) is 19.3 Å². The van der Waals surface area contributed by atoms with Crippen molar-refractivity contribution < 1.29 is 13.2 Å². The summed E-state index contributed by atoms with van der Waals surface area (Å²) in [6.07, 6.45) is 1.92. The summed E-state index contributed by atoms with van der Waals surface area (Å²) in [5, 5.41) is 4.39. The van der Waals surface area contributed by atoms with Gasteiger partial charge in [0.2, 0.25) is 10.0 Å². The Balaban J connectivity index is 1.83. The summed E-state index contributed by atoms with van der Waals surface area (Å²) < 4.78 is 24.4. The molecule has 0 radical (unpaired) electrons. The van der Waals surface area contributed by atoms with Crippen LogP contribution in [0.15, 0.2) is 47.4 Å². The molecule has 2 heterocycles. The Kier molecular flexibility index (Phi) is 4.97. The van der Waals surface area contributed by atoms with Crippen molar-refractivity contribution in [2.45, 2.75) is 25.1 Å². The summed E-state index contributed by atoms with van der Waals surface area (Å²) in [5.74, 6) is -0.459. The second-order valence-corrected chi connectivity index (χ2v) is 8.44. The number of aryl methyl sites for hydroxylation is 1. The van der Waals surface area contributed by atoms with E-state index >= 15 is 0 Å². The molecule has 7 nitrogen and oxygen atoms in total. The number of rotatable bonds is 4. The second kappa shape index (κ2) is 7.05. The molecule has 1 fully saturated rings. The number of benzene rings is 1. The molecule has 1 aromatic carbocycles. The number of primary sulfonamides is 1. The Hall–Kier alpha value is -2.45. The minimum atomic E-state index is -3.69. The van der Waals surface area contributed by atoms with Gasteiger partial charge in [-0.1, -0.05) is 29.8 Å². The molecule has 3 rings (SSSR count). The molecule has 1 saturated heterocycles. The molecule has 0 bridgehead atoms. The maximum Gasteiger partial charge on any atom is 0.263 e. The lowest BCUT2D eigenvalue weighted by atomic mass is 10.1. The van der Waals surface area contributed by atoms with E-state index in [4.69, 9.17) is 5.14 Å². The van der Waals surface area contributed by atoms with E-state index in [-0.39, 0.29) is 25.1 Å². The smallest absolute Gasteiger partial charge is 0.263 e. The number of likely N-dealkylation sites (tertiary alicyclic amines) is 1. The SMILES string of the molecule is Cc1cccc(Cn2cccc(C(=O)N3CCC(S(N)(=O)=O)C3)c2=O)c1. The zero-order valence-corrected chi connectivity index (χ0v) is 15.3. The number of nitrogens with zero attached hydrogens (tertiary/aromatic N) is 2. The molecule has 2 N–H and O–H groups in total. The predicted molar refractivity (Wildman–Crippen MR) is 98.4 cm³/mol. The normalized spacial score (nSPS) is 17.5. The number of hydrogen-bond acceptors (Lipinski definition) is 4. The molecule has 8 heteroatoms. The van der Waals surface area contributed by atoms with Crippen LogP contribution in [-0.4, -0.2) is 42.1 Å². The van der Waals surface area contributed by atoms with Gasteiger partial charge in [-0.2, -0.15) is 0 Å². The second-order valence-electron chi connectivity index (χ2n) is 6.59. The fraction of sp³-hybridized carbons (Fsp3) is 0.333. The average molecular weight is 375 g/mol. The maximum absolute atomic E-state index is 12.7. The molecule has 1 unspecified atom stereocenters. The summed E-state index contributed by atoms with van der Waals surface area (Å²) in [6, 6.07) is 10.9. The van der Waals surface area contributed by atoms with Crippen LogP contribution < -0.4 is 10.7 Å². The quantitative estimate of drug-likeness (QED) is 0.850. The lowest BCUT2D eigenvalue weighted by Gasteiger charge is -2.16. The highest BCUT2D eigenvalue weighted by molar-refractivity contribution is 7.89. The monoisotopic (exact) mass is 375 g/mol. The fourth-order valence-electron chi connectivity index (χ4n) is 3.18. The molecule has 2 aromatic rings. The number of pyridine rings is 1. The highest BCUT2D eigenvalue weighted by atomic mass is 32.2. The standard InChI is InChI=1S/C18H21N3O4S/c1-13-4-2-5-14(10-13)11-20-8-3-6-16(17(20)22)18(23)21-9-7-15(12-21)26(19,24)25/h2-6,8,10,15H,7,9,11-12H2,1H3,(H2,19,24,25). The predicted octanol–water partition coefficient (Wildman–Crippen LogP) is 0.708. The highest BCUT2D eigenvalue weighted by Gasteiger charge is 2.34. The van der Waals surface area contributed by atoms with Crippen LogP contribution in [0.1, 0.15) is 27.9 Å². The summed E-state index contributed by atoms with van der Waals surface area (Å²) >= 11 is 0. The third-order valence-electron chi connectivity index (χ3n) is 4.58. The van der Waals surface area contributed by atoms with Crippen molar-refractivity contribution in [2.75, 3.05) is 13.1 Å². The third kappa shape index (κ3) is 3.86. The molecule has 0 spiro atoms. The number of hydrogen-bond donors (Lipinski definition) is 1. The van der Waals surface area contributed by atoms with E-state index < -0.39 is 26.7 Å². The molecule has 1 aliphatic heterocycles. The lowest BCUT2D eigenvalue weighted by Crippen LogP contribution is -2.37. The van der Waals surface area contributed by atoms with Crippen molar-refractivity contribution in [3.8, 4) is 0 Å². The van der Waals surface area contributed by atoms with Crippen molar-refractivity contribution in [3.63, 3.8) is 0 Å². The number of aromatic nitrogens is 1. The van der Waals surface area contributed by atoms with E-state index in [1.807, 2.05) is 31.2 Å². The fourth-order valence-corrected chi connectivity index (χ4v) is 4.00. The zero-order valence-electron chi connectivity index (χ0n) is 14.5. The van der Waals surface area contributed by atoms with E-state index in [0.717, 1.165) is 11.1 Å². The Labute approximate surface area is 152 Å². The zero-order chi connectivity index (χ0) is 18.9. The molecule has 1 aliphatic rings. The summed E-state index contributed by atoms with van der Waals surface area (Å²) in [4.78, 5) is 26.8. The third-order valence-corrected chi connectivity index (χ3v) is 5.90. The number of amides is 1. The number of carbonyl (C=O) groups is 1. The largest absolute Gasteiger partial charge is 0.337 e. The van der Waals surface area contributed by atoms with E-state index in [1.165, 1.54) is 15.5 Å². The van der Waals surface area contributed by atoms with Crippen LogP contribution in [0.4, 0.5) is 0 Å². The molecule has 1 amide bonds. The molecule has 138 valence electrons. The van der Waals surface area contributed by atoms with E-state index in [1.54, 1.807) is 12.3 Å². The first-order chi connectivity index (χ1) is 12.3. The van der Waals surface area contributed by atoms with E-state index in [9.17, 15) is 18.0 Å².